The van der Waals surface area contributed by atoms with E-state index in [0.29, 0.717) is 0 Å². The molecule has 0 radical (unpaired) electrons. The first-order valence-electron chi connectivity index (χ1n) is 6.48. The molecule has 0 amide bonds. The van der Waals surface area contributed by atoms with E-state index >= 15 is 0 Å². The van der Waals surface area contributed by atoms with Crippen LogP contribution in [-0.2, 0) is 5.60 Å². The van der Waals surface area contributed by atoms with E-state index in [1.807, 2.05) is 31.7 Å². The van der Waals surface area contributed by atoms with Gasteiger partial charge in [0, 0.05) is 17.0 Å². The lowest BCUT2D eigenvalue weighted by Crippen LogP contribution is -2.38. The fraction of sp³-hybridized carbons (Fsp3) is 0.643. The van der Waals surface area contributed by atoms with Crippen molar-refractivity contribution in [2.24, 2.45) is 0 Å². The van der Waals surface area contributed by atoms with E-state index in [1.54, 1.807) is 12.4 Å². The number of thioether (sulfide) groups is 1. The number of nitrogens with zero attached hydrogens (tertiary/aromatic N) is 1. The number of pyridine rings is 1. The number of aromatic nitrogens is 1. The Morgan fingerprint density at radius 1 is 1.50 bits per heavy atom. The molecule has 1 aromatic heterocycles. The second-order valence-electron chi connectivity index (χ2n) is 5.12. The largest absolute Gasteiger partial charge is 0.489 e. The summed E-state index contributed by atoms with van der Waals surface area (Å²) in [5.41, 5.74) is 0.104. The van der Waals surface area contributed by atoms with Crippen molar-refractivity contribution in [1.29, 1.82) is 0 Å². The molecule has 2 rings (SSSR count). The first kappa shape index (κ1) is 13.7. The molecule has 0 spiro atoms. The molecule has 1 saturated heterocycles. The van der Waals surface area contributed by atoms with Gasteiger partial charge in [-0.2, -0.15) is 11.8 Å². The summed E-state index contributed by atoms with van der Waals surface area (Å²) in [7, 11) is 0. The van der Waals surface area contributed by atoms with Gasteiger partial charge in [0.05, 0.1) is 12.3 Å². The summed E-state index contributed by atoms with van der Waals surface area (Å²) >= 11 is 1.82. The van der Waals surface area contributed by atoms with Gasteiger partial charge in [0.2, 0.25) is 0 Å². The molecule has 3 nitrogen and oxygen atoms in total. The third-order valence-corrected chi connectivity index (χ3v) is 4.74. The van der Waals surface area contributed by atoms with E-state index in [4.69, 9.17) is 4.74 Å². The van der Waals surface area contributed by atoms with Crippen molar-refractivity contribution in [3.8, 4) is 5.75 Å². The molecule has 2 heterocycles. The highest BCUT2D eigenvalue weighted by Crippen LogP contribution is 2.41. The molecule has 1 aliphatic rings. The van der Waals surface area contributed by atoms with Gasteiger partial charge in [0.25, 0.3) is 0 Å². The Bertz CT molecular complexity index is 411. The van der Waals surface area contributed by atoms with Gasteiger partial charge >= 0.3 is 0 Å². The molecule has 1 N–H and O–H groups in total. The molecule has 2 unspecified atom stereocenters. The van der Waals surface area contributed by atoms with Crippen LogP contribution < -0.4 is 4.74 Å². The van der Waals surface area contributed by atoms with Crippen LogP contribution in [0.1, 0.15) is 39.2 Å². The van der Waals surface area contributed by atoms with Crippen molar-refractivity contribution in [1.82, 2.24) is 4.98 Å². The summed E-state index contributed by atoms with van der Waals surface area (Å²) in [5.74, 6) is 1.86. The Morgan fingerprint density at radius 3 is 2.94 bits per heavy atom. The van der Waals surface area contributed by atoms with Gasteiger partial charge < -0.3 is 9.84 Å². The quantitative estimate of drug-likeness (QED) is 0.914. The van der Waals surface area contributed by atoms with Crippen LogP contribution in [0.25, 0.3) is 0 Å². The van der Waals surface area contributed by atoms with Gasteiger partial charge in [0.15, 0.2) is 0 Å². The van der Waals surface area contributed by atoms with Crippen LogP contribution >= 0.6 is 11.8 Å². The minimum absolute atomic E-state index is 0.120. The molecule has 2 atom stereocenters. The molecule has 1 aromatic rings. The zero-order chi connectivity index (χ0) is 13.2. The highest BCUT2D eigenvalue weighted by atomic mass is 32.2. The number of hydrogen-bond donors (Lipinski definition) is 1. The van der Waals surface area contributed by atoms with E-state index in [9.17, 15) is 5.11 Å². The van der Waals surface area contributed by atoms with Crippen molar-refractivity contribution in [3.63, 3.8) is 0 Å². The van der Waals surface area contributed by atoms with Crippen molar-refractivity contribution < 1.29 is 9.84 Å². The molecule has 0 bridgehead atoms. The summed E-state index contributed by atoms with van der Waals surface area (Å²) in [6.45, 7) is 6.06. The van der Waals surface area contributed by atoms with Gasteiger partial charge in [0.1, 0.15) is 11.4 Å². The van der Waals surface area contributed by atoms with Crippen LogP contribution in [-0.4, -0.2) is 27.2 Å². The predicted molar refractivity (Wildman–Crippen MR) is 75.1 cm³/mol. The van der Waals surface area contributed by atoms with Crippen LogP contribution in [0.2, 0.25) is 0 Å². The standard InChI is InChI=1S/C14H21NO2S/c1-10(2)17-13-7-12(8-15-9-13)14(16)5-4-6-18-11(14)3/h7-11,16H,4-6H2,1-3H3. The summed E-state index contributed by atoms with van der Waals surface area (Å²) in [6.07, 6.45) is 5.42. The third kappa shape index (κ3) is 2.81. The third-order valence-electron chi connectivity index (χ3n) is 3.33. The van der Waals surface area contributed by atoms with Gasteiger partial charge in [-0.05, 0) is 38.5 Å². The van der Waals surface area contributed by atoms with E-state index in [0.717, 1.165) is 29.9 Å². The van der Waals surface area contributed by atoms with Gasteiger partial charge in [-0.15, -0.1) is 0 Å². The minimum Gasteiger partial charge on any atom is -0.489 e. The Balaban J connectivity index is 2.26. The van der Waals surface area contributed by atoms with E-state index < -0.39 is 5.60 Å². The average molecular weight is 267 g/mol. The normalized spacial score (nSPS) is 28.4. The molecule has 18 heavy (non-hydrogen) atoms. The highest BCUT2D eigenvalue weighted by Gasteiger charge is 2.38. The second kappa shape index (κ2) is 5.49. The lowest BCUT2D eigenvalue weighted by atomic mass is 9.87. The van der Waals surface area contributed by atoms with Crippen molar-refractivity contribution in [3.05, 3.63) is 24.0 Å². The lowest BCUT2D eigenvalue weighted by Gasteiger charge is -2.37. The molecule has 0 aliphatic carbocycles. The number of hydrogen-bond acceptors (Lipinski definition) is 4. The van der Waals surface area contributed by atoms with Crippen LogP contribution in [0.3, 0.4) is 0 Å². The van der Waals surface area contributed by atoms with Crippen LogP contribution in [0.4, 0.5) is 0 Å². The van der Waals surface area contributed by atoms with Crippen molar-refractivity contribution in [2.45, 2.75) is 50.6 Å². The Labute approximate surface area is 113 Å². The maximum Gasteiger partial charge on any atom is 0.138 e. The monoisotopic (exact) mass is 267 g/mol. The smallest absolute Gasteiger partial charge is 0.138 e. The van der Waals surface area contributed by atoms with E-state index in [-0.39, 0.29) is 11.4 Å². The zero-order valence-electron chi connectivity index (χ0n) is 11.2. The maximum atomic E-state index is 10.9. The molecular formula is C14H21NO2S. The van der Waals surface area contributed by atoms with Crippen LogP contribution in [0.15, 0.2) is 18.5 Å². The zero-order valence-corrected chi connectivity index (χ0v) is 12.0. The number of ether oxygens (including phenoxy) is 1. The summed E-state index contributed by atoms with van der Waals surface area (Å²) in [4.78, 5) is 4.20. The fourth-order valence-corrected chi connectivity index (χ4v) is 3.51. The topological polar surface area (TPSA) is 42.4 Å². The van der Waals surface area contributed by atoms with Crippen LogP contribution in [0, 0.1) is 0 Å². The first-order valence-corrected chi connectivity index (χ1v) is 7.53. The Hall–Kier alpha value is -0.740. The molecule has 0 saturated carbocycles. The van der Waals surface area contributed by atoms with Crippen molar-refractivity contribution in [2.75, 3.05) is 5.75 Å². The highest BCUT2D eigenvalue weighted by molar-refractivity contribution is 8.00. The predicted octanol–water partition coefficient (Wildman–Crippen LogP) is 2.97. The van der Waals surface area contributed by atoms with Gasteiger partial charge in [-0.1, -0.05) is 6.92 Å². The SMILES string of the molecule is CC(C)Oc1cncc(C2(O)CCCSC2C)c1. The molecule has 0 aromatic carbocycles. The average Bonchev–Trinajstić information content (AvgIpc) is 2.32. The lowest BCUT2D eigenvalue weighted by molar-refractivity contribution is 0.0247. The molecule has 1 fully saturated rings. The maximum absolute atomic E-state index is 10.9. The molecular weight excluding hydrogens is 246 g/mol. The Morgan fingerprint density at radius 2 is 2.28 bits per heavy atom. The minimum atomic E-state index is -0.772. The number of rotatable bonds is 3. The number of aliphatic hydroxyl groups is 1. The fourth-order valence-electron chi connectivity index (χ4n) is 2.31. The second-order valence-corrected chi connectivity index (χ2v) is 6.57. The molecule has 1 aliphatic heterocycles. The van der Waals surface area contributed by atoms with Gasteiger partial charge in [-0.25, -0.2) is 0 Å². The molecule has 100 valence electrons. The summed E-state index contributed by atoms with van der Waals surface area (Å²) in [6, 6.07) is 1.93. The summed E-state index contributed by atoms with van der Waals surface area (Å²) < 4.78 is 5.65. The van der Waals surface area contributed by atoms with Gasteiger partial charge in [-0.3, -0.25) is 4.98 Å². The molecule has 4 heteroatoms. The van der Waals surface area contributed by atoms with E-state index in [2.05, 4.69) is 11.9 Å². The van der Waals surface area contributed by atoms with Crippen LogP contribution in [0.5, 0.6) is 5.75 Å². The van der Waals surface area contributed by atoms with Crippen molar-refractivity contribution >= 4 is 11.8 Å². The van der Waals surface area contributed by atoms with E-state index in [1.165, 1.54) is 0 Å². The summed E-state index contributed by atoms with van der Waals surface area (Å²) in [5, 5.41) is 11.0. The first-order chi connectivity index (χ1) is 8.52. The Kier molecular flexibility index (Phi) is 4.17.